The van der Waals surface area contributed by atoms with Gasteiger partial charge in [-0.3, -0.25) is 0 Å². The van der Waals surface area contributed by atoms with Crippen molar-refractivity contribution in [2.45, 2.75) is 13.3 Å². The maximum absolute atomic E-state index is 3.49. The normalized spacial score (nSPS) is 7.00. The Morgan fingerprint density at radius 2 is 2.00 bits per heavy atom. The third kappa shape index (κ3) is 20.4. The van der Waals surface area contributed by atoms with E-state index in [0.717, 1.165) is 6.42 Å². The van der Waals surface area contributed by atoms with E-state index in [4.69, 9.17) is 0 Å². The van der Waals surface area contributed by atoms with Crippen LogP contribution in [0, 0.1) is 6.92 Å². The molecule has 0 unspecified atom stereocenters. The second kappa shape index (κ2) is 15.9. The maximum Gasteiger partial charge on any atom is 2.00 e. The first kappa shape index (κ1) is 15.6. The van der Waals surface area contributed by atoms with Crippen LogP contribution in [0.4, 0.5) is 0 Å². The fraction of sp³-hybridized carbons (Fsp3) is 0.400. The summed E-state index contributed by atoms with van der Waals surface area (Å²) in [5.41, 5.74) is 0. The van der Waals surface area contributed by atoms with Crippen molar-refractivity contribution in [3.8, 4) is 0 Å². The zero-order valence-electron chi connectivity index (χ0n) is 4.65. The van der Waals surface area contributed by atoms with Gasteiger partial charge in [0.25, 0.3) is 0 Å². The van der Waals surface area contributed by atoms with Crippen LogP contribution < -0.4 is 12.4 Å². The first-order valence-electron chi connectivity index (χ1n) is 1.86. The van der Waals surface area contributed by atoms with Crippen molar-refractivity contribution in [2.75, 3.05) is 0 Å². The molecule has 0 bridgehead atoms. The number of hydrogen-bond donors (Lipinski definition) is 0. The van der Waals surface area contributed by atoms with Crippen LogP contribution >= 0.6 is 0 Å². The zero-order chi connectivity index (χ0) is 4.12. The van der Waals surface area contributed by atoms with Gasteiger partial charge in [-0.1, -0.05) is 6.92 Å². The molecule has 0 heterocycles. The van der Waals surface area contributed by atoms with Crippen LogP contribution in [0.3, 0.4) is 0 Å². The van der Waals surface area contributed by atoms with E-state index < -0.39 is 0 Å². The first-order chi connectivity index (χ1) is 2.41. The van der Waals surface area contributed by atoms with Gasteiger partial charge in [-0.05, 0) is 0 Å². The molecule has 0 radical (unpaired) electrons. The Morgan fingerprint density at radius 3 is 2.00 bits per heavy atom. The molecule has 0 aromatic heterocycles. The van der Waals surface area contributed by atoms with Crippen LogP contribution in [-0.4, -0.2) is 23.1 Å². The van der Waals surface area contributed by atoms with Gasteiger partial charge in [-0.25, -0.2) is 19.1 Å². The average molecular weight is 129 g/mol. The van der Waals surface area contributed by atoms with E-state index in [0.29, 0.717) is 0 Å². The van der Waals surface area contributed by atoms with Gasteiger partial charge in [0.15, 0.2) is 0 Å². The van der Waals surface area contributed by atoms with Crippen molar-refractivity contribution in [1.82, 2.24) is 0 Å². The van der Waals surface area contributed by atoms with Crippen LogP contribution in [0.5, 0.6) is 0 Å². The van der Waals surface area contributed by atoms with Gasteiger partial charge >= 0.3 is 23.1 Å². The molecular weight excluding hydrogens is 120 g/mol. The molecule has 0 N–H and O–H groups in total. The zero-order valence-corrected chi connectivity index (χ0v) is 6.82. The summed E-state index contributed by atoms with van der Waals surface area (Å²) in [5.74, 6) is 0. The van der Waals surface area contributed by atoms with Gasteiger partial charge in [0.2, 0.25) is 0 Å². The molecule has 0 aromatic carbocycles. The molecule has 7 heavy (non-hydrogen) atoms. The average Bonchev–Trinajstić information content (AvgIpc) is 1.41. The summed E-state index contributed by atoms with van der Waals surface area (Å²) in [7, 11) is 0. The summed E-state index contributed by atoms with van der Waals surface area (Å²) in [6.45, 7) is 5.58. The summed E-state index contributed by atoms with van der Waals surface area (Å²) in [4.78, 5) is 0. The Balaban J connectivity index is -0.0000000800. The molecule has 2 heteroatoms. The molecule has 0 saturated carbocycles. The van der Waals surface area contributed by atoms with Gasteiger partial charge in [0.05, 0.1) is 0 Å². The minimum absolute atomic E-state index is 0. The molecule has 38 valence electrons. The van der Waals surface area contributed by atoms with Crippen molar-refractivity contribution >= 4 is 23.1 Å². The molecule has 0 saturated heterocycles. The van der Waals surface area contributed by atoms with Gasteiger partial charge in [-0.2, -0.15) is 0 Å². The van der Waals surface area contributed by atoms with E-state index in [1.54, 1.807) is 6.08 Å². The molecule has 0 aromatic rings. The van der Waals surface area contributed by atoms with Gasteiger partial charge < -0.3 is 12.4 Å². The van der Waals surface area contributed by atoms with Crippen molar-refractivity contribution < 1.29 is 12.4 Å². The van der Waals surface area contributed by atoms with Crippen LogP contribution in [0.1, 0.15) is 13.3 Å². The van der Waals surface area contributed by atoms with Crippen molar-refractivity contribution in [3.05, 3.63) is 19.1 Å². The fourth-order valence-electron chi connectivity index (χ4n) is 0.167. The van der Waals surface area contributed by atoms with Crippen molar-refractivity contribution in [2.24, 2.45) is 0 Å². The largest absolute Gasteiger partial charge is 2.00 e. The standard InChI is InChI=1S/C5H9.ClH.Mg/c1-3-5-4-2;;/h3,5H,1,4H2,2H3;1H;/q-1;;+2/p-1/b5-3-;;. The third-order valence-electron chi connectivity index (χ3n) is 0.402. The van der Waals surface area contributed by atoms with Crippen molar-refractivity contribution in [1.29, 1.82) is 0 Å². The molecule has 0 aliphatic heterocycles. The number of hydrogen-bond acceptors (Lipinski definition) is 0. The Morgan fingerprint density at radius 1 is 1.57 bits per heavy atom. The molecule has 0 atom stereocenters. The molecule has 0 rings (SSSR count). The SMILES string of the molecule is [CH2-]/C=C\CC.[Cl-].[Mg+2]. The smallest absolute Gasteiger partial charge is 1.00 e. The number of halogens is 1. The van der Waals surface area contributed by atoms with E-state index in [1.165, 1.54) is 0 Å². The van der Waals surface area contributed by atoms with E-state index in [9.17, 15) is 0 Å². The fourth-order valence-corrected chi connectivity index (χ4v) is 0.167. The Labute approximate surface area is 67.9 Å². The third-order valence-corrected chi connectivity index (χ3v) is 0.402. The predicted octanol–water partition coefficient (Wildman–Crippen LogP) is -1.59. The van der Waals surface area contributed by atoms with Crippen LogP contribution in [-0.2, 0) is 0 Å². The second-order valence-corrected chi connectivity index (χ2v) is 0.880. The van der Waals surface area contributed by atoms with Gasteiger partial charge in [-0.15, -0.1) is 6.42 Å². The molecule has 0 spiro atoms. The Kier molecular flexibility index (Phi) is 35.6. The number of allylic oxidation sites excluding steroid dienone is 2. The minimum Gasteiger partial charge on any atom is -1.00 e. The summed E-state index contributed by atoms with van der Waals surface area (Å²) in [6, 6.07) is 0. The van der Waals surface area contributed by atoms with Crippen LogP contribution in [0.25, 0.3) is 0 Å². The van der Waals surface area contributed by atoms with Gasteiger partial charge in [0, 0.05) is 0 Å². The topological polar surface area (TPSA) is 0 Å². The summed E-state index contributed by atoms with van der Waals surface area (Å²) < 4.78 is 0. The van der Waals surface area contributed by atoms with E-state index in [-0.39, 0.29) is 35.5 Å². The summed E-state index contributed by atoms with van der Waals surface area (Å²) in [6.07, 6.45) is 4.92. The van der Waals surface area contributed by atoms with Crippen LogP contribution in [0.15, 0.2) is 12.2 Å². The van der Waals surface area contributed by atoms with E-state index in [2.05, 4.69) is 13.8 Å². The summed E-state index contributed by atoms with van der Waals surface area (Å²) in [5, 5.41) is 0. The first-order valence-corrected chi connectivity index (χ1v) is 1.86. The molecule has 0 aliphatic carbocycles. The monoisotopic (exact) mass is 128 g/mol. The van der Waals surface area contributed by atoms with Crippen molar-refractivity contribution in [3.63, 3.8) is 0 Å². The predicted molar refractivity (Wildman–Crippen MR) is 30.5 cm³/mol. The van der Waals surface area contributed by atoms with E-state index in [1.807, 2.05) is 6.08 Å². The molecule has 0 aliphatic rings. The molecule has 0 amide bonds. The van der Waals surface area contributed by atoms with Crippen LogP contribution in [0.2, 0.25) is 0 Å². The Hall–Kier alpha value is 0.666. The minimum atomic E-state index is 0. The van der Waals surface area contributed by atoms with Gasteiger partial charge in [0.1, 0.15) is 0 Å². The van der Waals surface area contributed by atoms with E-state index >= 15 is 0 Å². The summed E-state index contributed by atoms with van der Waals surface area (Å²) >= 11 is 0. The molecule has 0 fully saturated rings. The maximum atomic E-state index is 3.49. The molecular formula is C5H9ClMg. The molecule has 0 nitrogen and oxygen atoms in total. The second-order valence-electron chi connectivity index (χ2n) is 0.880. The Bertz CT molecular complexity index is 35.1. The number of rotatable bonds is 1. The quantitative estimate of drug-likeness (QED) is 0.295.